The van der Waals surface area contributed by atoms with Crippen LogP contribution < -0.4 is 5.32 Å². The molecule has 11 heavy (non-hydrogen) atoms. The molecule has 0 aromatic heterocycles. The zero-order valence-corrected chi connectivity index (χ0v) is 7.58. The summed E-state index contributed by atoms with van der Waals surface area (Å²) in [5.74, 6) is 2.56. The molecule has 0 aromatic carbocycles. The molecule has 64 valence electrons. The molecule has 0 saturated carbocycles. The van der Waals surface area contributed by atoms with Crippen LogP contribution in [0.3, 0.4) is 0 Å². The summed E-state index contributed by atoms with van der Waals surface area (Å²) in [4.78, 5) is 0. The second-order valence-electron chi connectivity index (χ2n) is 3.32. The molecule has 0 aliphatic carbocycles. The van der Waals surface area contributed by atoms with Gasteiger partial charge in [0.05, 0.1) is 12.2 Å². The monoisotopic (exact) mass is 173 g/mol. The first-order valence-electron chi connectivity index (χ1n) is 4.34. The Morgan fingerprint density at radius 1 is 1.27 bits per heavy atom. The van der Waals surface area contributed by atoms with E-state index in [1.807, 2.05) is 0 Å². The molecule has 1 N–H and O–H groups in total. The number of ether oxygens (including phenoxy) is 1. The summed E-state index contributed by atoms with van der Waals surface area (Å²) < 4.78 is 5.83. The van der Waals surface area contributed by atoms with Gasteiger partial charge in [-0.05, 0) is 24.3 Å². The minimum Gasteiger partial charge on any atom is -0.372 e. The van der Waals surface area contributed by atoms with Crippen LogP contribution in [0.2, 0.25) is 0 Å². The first kappa shape index (κ1) is 7.90. The zero-order chi connectivity index (χ0) is 7.57. The van der Waals surface area contributed by atoms with Crippen molar-refractivity contribution in [3.63, 3.8) is 0 Å². The van der Waals surface area contributed by atoms with Gasteiger partial charge in [0.1, 0.15) is 0 Å². The fraction of sp³-hybridized carbons (Fsp3) is 1.00. The predicted molar refractivity (Wildman–Crippen MR) is 48.1 cm³/mol. The molecule has 0 aromatic rings. The van der Waals surface area contributed by atoms with Gasteiger partial charge in [-0.25, -0.2) is 0 Å². The van der Waals surface area contributed by atoms with E-state index in [2.05, 4.69) is 17.1 Å². The summed E-state index contributed by atoms with van der Waals surface area (Å²) in [6.07, 6.45) is 2.48. The molecule has 0 bridgehead atoms. The first-order valence-corrected chi connectivity index (χ1v) is 5.49. The van der Waals surface area contributed by atoms with Crippen molar-refractivity contribution in [3.8, 4) is 0 Å². The molecular weight excluding hydrogens is 158 g/mol. The average Bonchev–Trinajstić information content (AvgIpc) is 2.07. The molecule has 2 heterocycles. The van der Waals surface area contributed by atoms with Gasteiger partial charge in [-0.15, -0.1) is 0 Å². The minimum atomic E-state index is 0.226. The van der Waals surface area contributed by atoms with Crippen molar-refractivity contribution in [2.75, 3.05) is 31.2 Å². The van der Waals surface area contributed by atoms with E-state index >= 15 is 0 Å². The third kappa shape index (κ3) is 1.71. The first-order chi connectivity index (χ1) is 5.41. The van der Waals surface area contributed by atoms with E-state index in [1.54, 1.807) is 0 Å². The Morgan fingerprint density at radius 2 is 2.09 bits per heavy atom. The standard InChI is InChI=1S/C8H15NOS/c1-5-11-6-2-8(1)7-9-3-4-10-8/h9H,1-7H2. The molecule has 2 rings (SSSR count). The highest BCUT2D eigenvalue weighted by molar-refractivity contribution is 7.99. The molecule has 2 aliphatic heterocycles. The van der Waals surface area contributed by atoms with Gasteiger partial charge in [-0.2, -0.15) is 11.8 Å². The van der Waals surface area contributed by atoms with Crippen molar-refractivity contribution in [2.45, 2.75) is 18.4 Å². The van der Waals surface area contributed by atoms with Gasteiger partial charge in [0, 0.05) is 13.1 Å². The van der Waals surface area contributed by atoms with E-state index in [9.17, 15) is 0 Å². The Balaban J connectivity index is 1.94. The minimum absolute atomic E-state index is 0.226. The van der Waals surface area contributed by atoms with Crippen molar-refractivity contribution in [1.29, 1.82) is 0 Å². The van der Waals surface area contributed by atoms with Crippen LogP contribution in [0.5, 0.6) is 0 Å². The smallest absolute Gasteiger partial charge is 0.0822 e. The highest BCUT2D eigenvalue weighted by Crippen LogP contribution is 2.30. The van der Waals surface area contributed by atoms with E-state index in [4.69, 9.17) is 4.74 Å². The summed E-state index contributed by atoms with van der Waals surface area (Å²) in [5.41, 5.74) is 0.226. The molecule has 2 nitrogen and oxygen atoms in total. The normalized spacial score (nSPS) is 30.5. The van der Waals surface area contributed by atoms with Crippen molar-refractivity contribution in [2.24, 2.45) is 0 Å². The van der Waals surface area contributed by atoms with Crippen LogP contribution in [0.15, 0.2) is 0 Å². The Hall–Kier alpha value is 0.270. The molecule has 0 radical (unpaired) electrons. The lowest BCUT2D eigenvalue weighted by Gasteiger charge is -2.40. The van der Waals surface area contributed by atoms with E-state index in [0.717, 1.165) is 19.7 Å². The highest BCUT2D eigenvalue weighted by atomic mass is 32.2. The number of hydrogen-bond donors (Lipinski definition) is 1. The van der Waals surface area contributed by atoms with Gasteiger partial charge in [0.25, 0.3) is 0 Å². The lowest BCUT2D eigenvalue weighted by atomic mass is 9.95. The zero-order valence-electron chi connectivity index (χ0n) is 6.77. The quantitative estimate of drug-likeness (QED) is 0.587. The summed E-state index contributed by atoms with van der Waals surface area (Å²) in [6, 6.07) is 0. The molecule has 2 saturated heterocycles. The van der Waals surface area contributed by atoms with Crippen LogP contribution in [0.25, 0.3) is 0 Å². The van der Waals surface area contributed by atoms with Crippen molar-refractivity contribution in [1.82, 2.24) is 5.32 Å². The maximum Gasteiger partial charge on any atom is 0.0822 e. The van der Waals surface area contributed by atoms with Crippen LogP contribution >= 0.6 is 11.8 Å². The topological polar surface area (TPSA) is 21.3 Å². The van der Waals surface area contributed by atoms with Gasteiger partial charge in [-0.1, -0.05) is 0 Å². The summed E-state index contributed by atoms with van der Waals surface area (Å²) in [7, 11) is 0. The fourth-order valence-electron chi connectivity index (χ4n) is 1.77. The molecule has 0 atom stereocenters. The lowest BCUT2D eigenvalue weighted by Crippen LogP contribution is -2.51. The number of morpholine rings is 1. The molecule has 3 heteroatoms. The van der Waals surface area contributed by atoms with Crippen LogP contribution in [0.1, 0.15) is 12.8 Å². The molecule has 0 unspecified atom stereocenters. The second kappa shape index (κ2) is 3.33. The van der Waals surface area contributed by atoms with E-state index < -0.39 is 0 Å². The van der Waals surface area contributed by atoms with Crippen molar-refractivity contribution >= 4 is 11.8 Å². The van der Waals surface area contributed by atoms with Crippen molar-refractivity contribution in [3.05, 3.63) is 0 Å². The second-order valence-corrected chi connectivity index (χ2v) is 4.55. The van der Waals surface area contributed by atoms with Gasteiger partial charge in [0.15, 0.2) is 0 Å². The van der Waals surface area contributed by atoms with Gasteiger partial charge < -0.3 is 10.1 Å². The predicted octanol–water partition coefficient (Wildman–Crippen LogP) is 0.872. The largest absolute Gasteiger partial charge is 0.372 e. The third-order valence-electron chi connectivity index (χ3n) is 2.54. The summed E-state index contributed by atoms with van der Waals surface area (Å²) >= 11 is 2.05. The van der Waals surface area contributed by atoms with E-state index in [-0.39, 0.29) is 5.60 Å². The Morgan fingerprint density at radius 3 is 2.73 bits per heavy atom. The van der Waals surface area contributed by atoms with Gasteiger partial charge in [0.2, 0.25) is 0 Å². The summed E-state index contributed by atoms with van der Waals surface area (Å²) in [5, 5.41) is 3.41. The van der Waals surface area contributed by atoms with Crippen LogP contribution in [-0.2, 0) is 4.74 Å². The molecular formula is C8H15NOS. The number of hydrogen-bond acceptors (Lipinski definition) is 3. The fourth-order valence-corrected chi connectivity index (χ4v) is 3.01. The molecule has 1 spiro atoms. The lowest BCUT2D eigenvalue weighted by molar-refractivity contribution is -0.0705. The number of nitrogens with one attached hydrogen (secondary N) is 1. The highest BCUT2D eigenvalue weighted by Gasteiger charge is 2.34. The van der Waals surface area contributed by atoms with Crippen molar-refractivity contribution < 1.29 is 4.74 Å². The maximum atomic E-state index is 5.83. The summed E-state index contributed by atoms with van der Waals surface area (Å²) in [6.45, 7) is 3.02. The van der Waals surface area contributed by atoms with Gasteiger partial charge >= 0.3 is 0 Å². The van der Waals surface area contributed by atoms with E-state index in [1.165, 1.54) is 24.3 Å². The molecule has 2 aliphatic rings. The van der Waals surface area contributed by atoms with Crippen LogP contribution in [0.4, 0.5) is 0 Å². The number of thioether (sulfide) groups is 1. The Bertz CT molecular complexity index is 109. The Kier molecular flexibility index (Phi) is 2.39. The molecule has 0 amide bonds. The Labute approximate surface area is 72.1 Å². The maximum absolute atomic E-state index is 5.83. The van der Waals surface area contributed by atoms with Crippen LogP contribution in [-0.4, -0.2) is 36.8 Å². The third-order valence-corrected chi connectivity index (χ3v) is 3.52. The number of rotatable bonds is 0. The molecule has 2 fully saturated rings. The van der Waals surface area contributed by atoms with E-state index in [0.29, 0.717) is 0 Å². The SMILES string of the molecule is C1COC2(CCSCC2)CN1. The van der Waals surface area contributed by atoms with Crippen LogP contribution in [0, 0.1) is 0 Å². The van der Waals surface area contributed by atoms with Gasteiger partial charge in [-0.3, -0.25) is 0 Å². The average molecular weight is 173 g/mol.